The minimum atomic E-state index is 0.510. The number of hydrogen-bond donors (Lipinski definition) is 0. The van der Waals surface area contributed by atoms with Crippen molar-refractivity contribution in [1.29, 1.82) is 0 Å². The Morgan fingerprint density at radius 3 is 2.53 bits per heavy atom. The lowest BCUT2D eigenvalue weighted by Gasteiger charge is -2.09. The van der Waals surface area contributed by atoms with E-state index in [1.807, 2.05) is 0 Å². The van der Waals surface area contributed by atoms with Crippen molar-refractivity contribution in [1.82, 2.24) is 4.98 Å². The van der Waals surface area contributed by atoms with Crippen molar-refractivity contribution in [3.8, 4) is 23.1 Å². The second-order valence-electron chi connectivity index (χ2n) is 3.22. The second-order valence-corrected chi connectivity index (χ2v) is 3.22. The van der Waals surface area contributed by atoms with Gasteiger partial charge in [0.2, 0.25) is 5.88 Å². The van der Waals surface area contributed by atoms with Gasteiger partial charge >= 0.3 is 0 Å². The number of benzene rings is 1. The number of hydrogen-bond acceptors (Lipinski definition) is 4. The summed E-state index contributed by atoms with van der Waals surface area (Å²) in [5.74, 6) is 2.43. The molecule has 2 rings (SSSR count). The van der Waals surface area contributed by atoms with Crippen LogP contribution in [0.5, 0.6) is 23.1 Å². The fourth-order valence-electron chi connectivity index (χ4n) is 1.37. The number of ether oxygens (including phenoxy) is 3. The smallest absolute Gasteiger partial charge is 0.219 e. The van der Waals surface area contributed by atoms with Gasteiger partial charge in [-0.25, -0.2) is 4.98 Å². The van der Waals surface area contributed by atoms with Crippen molar-refractivity contribution in [3.63, 3.8) is 0 Å². The topological polar surface area (TPSA) is 40.6 Å². The van der Waals surface area contributed by atoms with Crippen LogP contribution in [0.15, 0.2) is 36.5 Å². The molecule has 4 nitrogen and oxygen atoms in total. The maximum Gasteiger partial charge on any atom is 0.219 e. The van der Waals surface area contributed by atoms with Crippen molar-refractivity contribution in [2.45, 2.75) is 0 Å². The van der Waals surface area contributed by atoms with Crippen molar-refractivity contribution in [2.24, 2.45) is 0 Å². The summed E-state index contributed by atoms with van der Waals surface area (Å²) in [5.41, 5.74) is 0. The molecule has 1 heterocycles. The molecule has 0 bridgehead atoms. The van der Waals surface area contributed by atoms with E-state index in [1.165, 1.54) is 0 Å². The highest BCUT2D eigenvalue weighted by Gasteiger charge is 2.06. The zero-order valence-corrected chi connectivity index (χ0v) is 9.64. The Labute approximate surface area is 99.8 Å². The Morgan fingerprint density at radius 1 is 1.06 bits per heavy atom. The molecule has 1 radical (unpaired) electrons. The third-order valence-corrected chi connectivity index (χ3v) is 2.17. The molecule has 4 heteroatoms. The van der Waals surface area contributed by atoms with Crippen LogP contribution < -0.4 is 14.2 Å². The molecule has 0 aliphatic heterocycles. The predicted octanol–water partition coefficient (Wildman–Crippen LogP) is 2.69. The fraction of sp³-hybridized carbons (Fsp3) is 0.154. The van der Waals surface area contributed by atoms with Crippen LogP contribution in [0, 0.1) is 6.07 Å². The zero-order chi connectivity index (χ0) is 12.1. The lowest BCUT2D eigenvalue weighted by Crippen LogP contribution is -1.92. The van der Waals surface area contributed by atoms with Crippen LogP contribution in [-0.4, -0.2) is 19.2 Å². The summed E-state index contributed by atoms with van der Waals surface area (Å²) in [5, 5.41) is 0. The summed E-state index contributed by atoms with van der Waals surface area (Å²) in [6.45, 7) is 0. The van der Waals surface area contributed by atoms with Crippen LogP contribution in [0.1, 0.15) is 0 Å². The van der Waals surface area contributed by atoms with Gasteiger partial charge in [0.25, 0.3) is 0 Å². The van der Waals surface area contributed by atoms with E-state index in [9.17, 15) is 0 Å². The quantitative estimate of drug-likeness (QED) is 0.809. The van der Waals surface area contributed by atoms with Crippen LogP contribution in [0.3, 0.4) is 0 Å². The van der Waals surface area contributed by atoms with Gasteiger partial charge in [0.1, 0.15) is 5.75 Å². The van der Waals surface area contributed by atoms with Gasteiger partial charge in [-0.2, -0.15) is 0 Å². The van der Waals surface area contributed by atoms with Crippen LogP contribution in [0.25, 0.3) is 0 Å². The third-order valence-electron chi connectivity index (χ3n) is 2.17. The molecule has 0 unspecified atom stereocenters. The molecule has 17 heavy (non-hydrogen) atoms. The number of methoxy groups -OCH3 is 2. The summed E-state index contributed by atoms with van der Waals surface area (Å²) < 4.78 is 15.9. The molecule has 0 aliphatic rings. The first-order valence-corrected chi connectivity index (χ1v) is 5.05. The van der Waals surface area contributed by atoms with Crippen LogP contribution in [0.4, 0.5) is 0 Å². The molecule has 0 spiro atoms. The standard InChI is InChI=1S/C13H12NO3/c1-15-11-7-6-10(9-12(11)16-2)17-13-5-3-4-8-14-13/h3,5-9H,1-2H3. The summed E-state index contributed by atoms with van der Waals surface area (Å²) in [7, 11) is 3.17. The maximum absolute atomic E-state index is 5.55. The molecule has 0 atom stereocenters. The van der Waals surface area contributed by atoms with E-state index in [2.05, 4.69) is 11.1 Å². The Hall–Kier alpha value is -2.23. The summed E-state index contributed by atoms with van der Waals surface area (Å²) in [6.07, 6.45) is 1.55. The second kappa shape index (κ2) is 5.21. The van der Waals surface area contributed by atoms with E-state index >= 15 is 0 Å². The third kappa shape index (κ3) is 2.66. The number of rotatable bonds is 4. The van der Waals surface area contributed by atoms with Gasteiger partial charge in [-0.05, 0) is 18.2 Å². The lowest BCUT2D eigenvalue weighted by molar-refractivity contribution is 0.351. The highest BCUT2D eigenvalue weighted by Crippen LogP contribution is 2.32. The van der Waals surface area contributed by atoms with Crippen molar-refractivity contribution >= 4 is 0 Å². The van der Waals surface area contributed by atoms with Gasteiger partial charge < -0.3 is 14.2 Å². The predicted molar refractivity (Wildman–Crippen MR) is 62.7 cm³/mol. The van der Waals surface area contributed by atoms with Crippen molar-refractivity contribution in [3.05, 3.63) is 42.6 Å². The molecule has 0 amide bonds. The molecule has 1 aromatic heterocycles. The van der Waals surface area contributed by atoms with E-state index in [4.69, 9.17) is 14.2 Å². The highest BCUT2D eigenvalue weighted by atomic mass is 16.5. The highest BCUT2D eigenvalue weighted by molar-refractivity contribution is 5.46. The molecule has 1 aromatic carbocycles. The molecule has 0 saturated carbocycles. The van der Waals surface area contributed by atoms with E-state index in [1.54, 1.807) is 50.7 Å². The molecule has 0 aliphatic carbocycles. The molecule has 0 N–H and O–H groups in total. The minimum Gasteiger partial charge on any atom is -0.493 e. The SMILES string of the molecule is COc1ccc(Oc2cc[c]cn2)cc1OC. The van der Waals surface area contributed by atoms with Gasteiger partial charge in [-0.1, -0.05) is 0 Å². The molecule has 87 valence electrons. The minimum absolute atomic E-state index is 0.510. The monoisotopic (exact) mass is 230 g/mol. The van der Waals surface area contributed by atoms with Crippen LogP contribution in [-0.2, 0) is 0 Å². The molecule has 0 fully saturated rings. The van der Waals surface area contributed by atoms with Crippen LogP contribution in [0.2, 0.25) is 0 Å². The van der Waals surface area contributed by atoms with E-state index in [0.717, 1.165) is 0 Å². The van der Waals surface area contributed by atoms with E-state index in [-0.39, 0.29) is 0 Å². The number of pyridine rings is 1. The lowest BCUT2D eigenvalue weighted by atomic mass is 10.3. The molecule has 2 aromatic rings. The zero-order valence-electron chi connectivity index (χ0n) is 9.64. The van der Waals surface area contributed by atoms with Crippen molar-refractivity contribution in [2.75, 3.05) is 14.2 Å². The molecule has 0 saturated heterocycles. The van der Waals surface area contributed by atoms with E-state index < -0.39 is 0 Å². The van der Waals surface area contributed by atoms with Gasteiger partial charge in [-0.3, -0.25) is 0 Å². The van der Waals surface area contributed by atoms with Gasteiger partial charge in [-0.15, -0.1) is 0 Å². The van der Waals surface area contributed by atoms with Gasteiger partial charge in [0.15, 0.2) is 11.5 Å². The maximum atomic E-state index is 5.55. The fourth-order valence-corrected chi connectivity index (χ4v) is 1.37. The largest absolute Gasteiger partial charge is 0.493 e. The Bertz CT molecular complexity index is 485. The summed E-state index contributed by atoms with van der Waals surface area (Å²) >= 11 is 0. The van der Waals surface area contributed by atoms with Crippen molar-refractivity contribution < 1.29 is 14.2 Å². The number of aromatic nitrogens is 1. The Kier molecular flexibility index (Phi) is 3.45. The summed E-state index contributed by atoms with van der Waals surface area (Å²) in [4.78, 5) is 4.02. The average molecular weight is 230 g/mol. The first-order valence-electron chi connectivity index (χ1n) is 5.05. The number of nitrogens with zero attached hydrogens (tertiary/aromatic N) is 1. The molecular weight excluding hydrogens is 218 g/mol. The normalized spacial score (nSPS) is 9.76. The summed E-state index contributed by atoms with van der Waals surface area (Å²) in [6, 6.07) is 11.6. The van der Waals surface area contributed by atoms with Gasteiger partial charge in [0, 0.05) is 24.4 Å². The first-order chi connectivity index (χ1) is 8.33. The van der Waals surface area contributed by atoms with Gasteiger partial charge in [0.05, 0.1) is 14.2 Å². The first kappa shape index (κ1) is 11.3. The Balaban J connectivity index is 2.22. The molecular formula is C13H12NO3. The van der Waals surface area contributed by atoms with E-state index in [0.29, 0.717) is 23.1 Å². The van der Waals surface area contributed by atoms with Crippen LogP contribution >= 0.6 is 0 Å². The average Bonchev–Trinajstić information content (AvgIpc) is 2.40. The Morgan fingerprint density at radius 2 is 1.88 bits per heavy atom.